The van der Waals surface area contributed by atoms with Crippen LogP contribution in [0.5, 0.6) is 0 Å². The first-order valence-corrected chi connectivity index (χ1v) is 7.47. The summed E-state index contributed by atoms with van der Waals surface area (Å²) in [5.74, 6) is 0.754. The minimum atomic E-state index is -0.333. The van der Waals surface area contributed by atoms with E-state index in [0.29, 0.717) is 5.15 Å². The van der Waals surface area contributed by atoms with Gasteiger partial charge in [-0.1, -0.05) is 30.9 Å². The molecule has 1 aliphatic rings. The first kappa shape index (κ1) is 12.3. The first-order valence-electron chi connectivity index (χ1n) is 6.21. The number of aromatic nitrogens is 2. The molecule has 0 atom stereocenters. The van der Waals surface area contributed by atoms with E-state index < -0.39 is 0 Å². The fraction of sp³-hybridized carbons (Fsp3) is 0.538. The Kier molecular flexibility index (Phi) is 3.26. The van der Waals surface area contributed by atoms with Crippen molar-refractivity contribution in [3.05, 3.63) is 22.4 Å². The molecule has 18 heavy (non-hydrogen) atoms. The first-order chi connectivity index (χ1) is 8.75. The van der Waals surface area contributed by atoms with E-state index in [0.717, 1.165) is 41.7 Å². The third-order valence-electron chi connectivity index (χ3n) is 3.74. The number of thiophene rings is 1. The average molecular weight is 283 g/mol. The van der Waals surface area contributed by atoms with Gasteiger partial charge >= 0.3 is 0 Å². The van der Waals surface area contributed by atoms with Crippen LogP contribution in [-0.2, 0) is 10.3 Å². The summed E-state index contributed by atoms with van der Waals surface area (Å²) in [6, 6.07) is 1.96. The predicted molar refractivity (Wildman–Crippen MR) is 74.2 cm³/mol. The highest BCUT2D eigenvalue weighted by atomic mass is 35.5. The summed E-state index contributed by atoms with van der Waals surface area (Å²) in [4.78, 5) is 10.1. The Bertz CT molecular complexity index is 563. The predicted octanol–water partition coefficient (Wildman–Crippen LogP) is 4.15. The Morgan fingerprint density at radius 3 is 2.78 bits per heavy atom. The van der Waals surface area contributed by atoms with Gasteiger partial charge in [-0.15, -0.1) is 11.3 Å². The van der Waals surface area contributed by atoms with Crippen LogP contribution in [0.25, 0.3) is 10.2 Å². The van der Waals surface area contributed by atoms with Crippen molar-refractivity contribution in [1.29, 1.82) is 0 Å². The molecule has 3 rings (SSSR count). The molecule has 0 bridgehead atoms. The van der Waals surface area contributed by atoms with Gasteiger partial charge in [0.1, 0.15) is 15.6 Å². The van der Waals surface area contributed by atoms with Gasteiger partial charge in [0.25, 0.3) is 0 Å². The lowest BCUT2D eigenvalue weighted by molar-refractivity contribution is -0.0512. The molecule has 3 nitrogen and oxygen atoms in total. The SMILES string of the molecule is COC1(c2nc(Cl)c3ccsc3n2)CCCCC1. The molecule has 0 spiro atoms. The van der Waals surface area contributed by atoms with Crippen molar-refractivity contribution in [3.8, 4) is 0 Å². The van der Waals surface area contributed by atoms with Crippen molar-refractivity contribution in [3.63, 3.8) is 0 Å². The van der Waals surface area contributed by atoms with Crippen molar-refractivity contribution in [2.24, 2.45) is 0 Å². The van der Waals surface area contributed by atoms with Crippen LogP contribution >= 0.6 is 22.9 Å². The molecule has 5 heteroatoms. The molecule has 0 aliphatic heterocycles. The molecule has 0 amide bonds. The van der Waals surface area contributed by atoms with Crippen LogP contribution in [0.3, 0.4) is 0 Å². The van der Waals surface area contributed by atoms with Crippen LogP contribution in [0, 0.1) is 0 Å². The Balaban J connectivity index is 2.11. The van der Waals surface area contributed by atoms with Gasteiger partial charge in [-0.2, -0.15) is 0 Å². The second-order valence-corrected chi connectivity index (χ2v) is 5.99. The number of hydrogen-bond acceptors (Lipinski definition) is 4. The Morgan fingerprint density at radius 2 is 2.06 bits per heavy atom. The Hall–Kier alpha value is -0.710. The summed E-state index contributed by atoms with van der Waals surface area (Å²) in [6.07, 6.45) is 5.56. The van der Waals surface area contributed by atoms with Gasteiger partial charge in [-0.3, -0.25) is 0 Å². The topological polar surface area (TPSA) is 35.0 Å². The zero-order valence-electron chi connectivity index (χ0n) is 10.3. The molecule has 2 aromatic rings. The van der Waals surface area contributed by atoms with Gasteiger partial charge in [0, 0.05) is 12.5 Å². The van der Waals surface area contributed by atoms with Crippen molar-refractivity contribution < 1.29 is 4.74 Å². The molecule has 1 saturated carbocycles. The monoisotopic (exact) mass is 282 g/mol. The maximum atomic E-state index is 6.24. The van der Waals surface area contributed by atoms with E-state index in [2.05, 4.69) is 9.97 Å². The molecule has 1 fully saturated rings. The lowest BCUT2D eigenvalue weighted by Crippen LogP contribution is -2.33. The summed E-state index contributed by atoms with van der Waals surface area (Å²) in [6.45, 7) is 0. The fourth-order valence-electron chi connectivity index (χ4n) is 2.66. The highest BCUT2D eigenvalue weighted by Crippen LogP contribution is 2.39. The summed E-state index contributed by atoms with van der Waals surface area (Å²) < 4.78 is 5.77. The van der Waals surface area contributed by atoms with Gasteiger partial charge < -0.3 is 4.74 Å². The lowest BCUT2D eigenvalue weighted by atomic mass is 9.84. The van der Waals surface area contributed by atoms with Gasteiger partial charge in [0.15, 0.2) is 5.82 Å². The summed E-state index contributed by atoms with van der Waals surface area (Å²) in [5, 5.41) is 3.47. The molecule has 2 heterocycles. The minimum absolute atomic E-state index is 0.333. The van der Waals surface area contributed by atoms with E-state index in [1.807, 2.05) is 11.4 Å². The van der Waals surface area contributed by atoms with Gasteiger partial charge in [-0.05, 0) is 24.3 Å². The van der Waals surface area contributed by atoms with Crippen LogP contribution in [0.2, 0.25) is 5.15 Å². The maximum absolute atomic E-state index is 6.24. The molecule has 0 N–H and O–H groups in total. The number of halogens is 1. The quantitative estimate of drug-likeness (QED) is 0.776. The Morgan fingerprint density at radius 1 is 1.28 bits per heavy atom. The number of hydrogen-bond donors (Lipinski definition) is 0. The van der Waals surface area contributed by atoms with Crippen molar-refractivity contribution in [2.75, 3.05) is 7.11 Å². The summed E-state index contributed by atoms with van der Waals surface area (Å²) in [7, 11) is 1.75. The van der Waals surface area contributed by atoms with Crippen LogP contribution in [0.1, 0.15) is 37.9 Å². The third-order valence-corrected chi connectivity index (χ3v) is 4.83. The molecule has 96 valence electrons. The van der Waals surface area contributed by atoms with E-state index in [1.165, 1.54) is 6.42 Å². The number of fused-ring (bicyclic) bond motifs is 1. The Labute approximate surface area is 115 Å². The number of nitrogens with zero attached hydrogens (tertiary/aromatic N) is 2. The largest absolute Gasteiger partial charge is 0.370 e. The van der Waals surface area contributed by atoms with E-state index in [-0.39, 0.29) is 5.60 Å². The van der Waals surface area contributed by atoms with Gasteiger partial charge in [0.2, 0.25) is 0 Å². The van der Waals surface area contributed by atoms with E-state index >= 15 is 0 Å². The average Bonchev–Trinajstić information content (AvgIpc) is 2.88. The zero-order valence-corrected chi connectivity index (χ0v) is 11.9. The third kappa shape index (κ3) is 1.92. The standard InChI is InChI=1S/C13H15ClN2OS/c1-17-13(6-3-2-4-7-13)12-15-10(14)9-5-8-18-11(9)16-12/h5,8H,2-4,6-7H2,1H3. The molecule has 1 aliphatic carbocycles. The number of methoxy groups -OCH3 is 1. The van der Waals surface area contributed by atoms with Crippen LogP contribution in [-0.4, -0.2) is 17.1 Å². The van der Waals surface area contributed by atoms with E-state index in [9.17, 15) is 0 Å². The fourth-order valence-corrected chi connectivity index (χ4v) is 3.72. The van der Waals surface area contributed by atoms with E-state index in [1.54, 1.807) is 18.4 Å². The molecule has 0 aromatic carbocycles. The zero-order chi connectivity index (χ0) is 12.6. The van der Waals surface area contributed by atoms with Crippen molar-refractivity contribution in [1.82, 2.24) is 9.97 Å². The second kappa shape index (κ2) is 4.76. The lowest BCUT2D eigenvalue weighted by Gasteiger charge is -2.34. The molecular weight excluding hydrogens is 268 g/mol. The summed E-state index contributed by atoms with van der Waals surface area (Å²) in [5.41, 5.74) is -0.333. The molecular formula is C13H15ClN2OS. The maximum Gasteiger partial charge on any atom is 0.163 e. The van der Waals surface area contributed by atoms with Gasteiger partial charge in [0.05, 0.1) is 0 Å². The van der Waals surface area contributed by atoms with Crippen LogP contribution < -0.4 is 0 Å². The van der Waals surface area contributed by atoms with E-state index in [4.69, 9.17) is 16.3 Å². The summed E-state index contributed by atoms with van der Waals surface area (Å²) >= 11 is 7.84. The molecule has 0 unspecified atom stereocenters. The number of rotatable bonds is 2. The highest BCUT2D eigenvalue weighted by Gasteiger charge is 2.37. The highest BCUT2D eigenvalue weighted by molar-refractivity contribution is 7.16. The molecule has 2 aromatic heterocycles. The van der Waals surface area contributed by atoms with Crippen molar-refractivity contribution in [2.45, 2.75) is 37.7 Å². The molecule has 0 radical (unpaired) electrons. The smallest absolute Gasteiger partial charge is 0.163 e. The van der Waals surface area contributed by atoms with Crippen LogP contribution in [0.15, 0.2) is 11.4 Å². The second-order valence-electron chi connectivity index (χ2n) is 4.74. The molecule has 0 saturated heterocycles. The van der Waals surface area contributed by atoms with Crippen molar-refractivity contribution >= 4 is 33.2 Å². The van der Waals surface area contributed by atoms with Gasteiger partial charge in [-0.25, -0.2) is 9.97 Å². The normalized spacial score (nSPS) is 19.2. The van der Waals surface area contributed by atoms with Crippen LogP contribution in [0.4, 0.5) is 0 Å². The minimum Gasteiger partial charge on any atom is -0.370 e. The number of ether oxygens (including phenoxy) is 1.